The van der Waals surface area contributed by atoms with Crippen LogP contribution in [-0.4, -0.2) is 180 Å². The molecule has 1 aliphatic heterocycles. The van der Waals surface area contributed by atoms with Crippen LogP contribution in [0.25, 0.3) is 0 Å². The first-order chi connectivity index (χ1) is 35.7. The van der Waals surface area contributed by atoms with Crippen molar-refractivity contribution in [2.75, 3.05) is 26.2 Å². The maximum Gasteiger partial charge on any atom is 0.326 e. The van der Waals surface area contributed by atoms with E-state index < -0.39 is 133 Å². The van der Waals surface area contributed by atoms with Gasteiger partial charge in [-0.15, -0.1) is 0 Å². The number of benzene rings is 2. The second kappa shape index (κ2) is 29.6. The number of likely N-dealkylation sites (tertiary alicyclic amines) is 1. The number of carboxylic acids is 2. The zero-order chi connectivity index (χ0) is 55.2. The van der Waals surface area contributed by atoms with Crippen LogP contribution in [0.1, 0.15) is 62.3 Å². The highest BCUT2D eigenvalue weighted by Crippen LogP contribution is 2.21. The number of aliphatic carboxylic acids is 2. The van der Waals surface area contributed by atoms with Crippen LogP contribution in [0, 0.1) is 0 Å². The Labute approximate surface area is 430 Å². The fourth-order valence-electron chi connectivity index (χ4n) is 7.89. The number of nitrogens with two attached hydrogens (primary N) is 2. The molecule has 0 spiro atoms. The molecular formula is C48H66N12O15. The number of hydrogen-bond donors (Lipinski definition) is 15. The van der Waals surface area contributed by atoms with Gasteiger partial charge in [0.15, 0.2) is 0 Å². The Morgan fingerprint density at radius 3 is 1.93 bits per heavy atom. The highest BCUT2D eigenvalue weighted by molar-refractivity contribution is 5.98. The van der Waals surface area contributed by atoms with Gasteiger partial charge in [-0.25, -0.2) is 9.78 Å². The van der Waals surface area contributed by atoms with Gasteiger partial charge < -0.3 is 84.1 Å². The fraction of sp³-hybridized carbons (Fsp3) is 0.479. The van der Waals surface area contributed by atoms with E-state index in [1.807, 2.05) is 0 Å². The molecule has 2 heterocycles. The van der Waals surface area contributed by atoms with Gasteiger partial charge in [-0.3, -0.25) is 43.2 Å². The Kier molecular flexibility index (Phi) is 23.5. The van der Waals surface area contributed by atoms with Crippen molar-refractivity contribution >= 4 is 59.2 Å². The number of aromatic amines is 1. The Bertz CT molecular complexity index is 2430. The first kappa shape index (κ1) is 59.6. The average molecular weight is 1050 g/mol. The molecule has 0 radical (unpaired) electrons. The Morgan fingerprint density at radius 2 is 1.33 bits per heavy atom. The number of imidazole rings is 1. The number of phenols is 1. The lowest BCUT2D eigenvalue weighted by molar-refractivity contribution is -0.145. The van der Waals surface area contributed by atoms with Crippen molar-refractivity contribution in [3.8, 4) is 5.75 Å². The molecule has 27 nitrogen and oxygen atoms in total. The molecule has 9 unspecified atom stereocenters. The largest absolute Gasteiger partial charge is 0.508 e. The molecule has 0 saturated carbocycles. The van der Waals surface area contributed by atoms with Crippen molar-refractivity contribution in [1.82, 2.24) is 52.1 Å². The molecule has 0 bridgehead atoms. The lowest BCUT2D eigenvalue weighted by Gasteiger charge is -2.30. The van der Waals surface area contributed by atoms with Gasteiger partial charge in [-0.1, -0.05) is 42.5 Å². The number of aliphatic hydroxyl groups is 2. The van der Waals surface area contributed by atoms with E-state index in [1.165, 1.54) is 48.6 Å². The number of hydrogen-bond acceptors (Lipinski definition) is 16. The molecule has 75 heavy (non-hydrogen) atoms. The molecule has 4 rings (SSSR count). The van der Waals surface area contributed by atoms with Crippen molar-refractivity contribution in [3.05, 3.63) is 83.9 Å². The third-order valence-electron chi connectivity index (χ3n) is 12.0. The molecule has 8 amide bonds. The third-order valence-corrected chi connectivity index (χ3v) is 12.0. The van der Waals surface area contributed by atoms with Gasteiger partial charge in [0.25, 0.3) is 0 Å². The second-order valence-electron chi connectivity index (χ2n) is 17.8. The normalized spacial score (nSPS) is 16.3. The number of aliphatic hydroxyl groups excluding tert-OH is 2. The number of aromatic hydroxyl groups is 1. The predicted octanol–water partition coefficient (Wildman–Crippen LogP) is -4.45. The van der Waals surface area contributed by atoms with Gasteiger partial charge in [-0.05, 0) is 68.8 Å². The van der Waals surface area contributed by atoms with Crippen molar-refractivity contribution in [2.24, 2.45) is 11.5 Å². The monoisotopic (exact) mass is 1050 g/mol. The van der Waals surface area contributed by atoms with Gasteiger partial charge in [0, 0.05) is 37.7 Å². The third kappa shape index (κ3) is 19.1. The van der Waals surface area contributed by atoms with Gasteiger partial charge in [0.05, 0.1) is 32.0 Å². The molecule has 1 saturated heterocycles. The molecule has 1 fully saturated rings. The smallest absolute Gasteiger partial charge is 0.326 e. The molecule has 1 aliphatic rings. The van der Waals surface area contributed by atoms with Crippen LogP contribution in [0.3, 0.4) is 0 Å². The van der Waals surface area contributed by atoms with Crippen LogP contribution in [0.15, 0.2) is 67.1 Å². The minimum atomic E-state index is -1.87. The van der Waals surface area contributed by atoms with E-state index in [-0.39, 0.29) is 57.4 Å². The number of nitrogens with zero attached hydrogens (tertiary/aromatic N) is 2. The van der Waals surface area contributed by atoms with Crippen LogP contribution >= 0.6 is 0 Å². The lowest BCUT2D eigenvalue weighted by atomic mass is 10.0. The van der Waals surface area contributed by atoms with Crippen molar-refractivity contribution in [3.63, 3.8) is 0 Å². The lowest BCUT2D eigenvalue weighted by Crippen LogP contribution is -2.60. The summed E-state index contributed by atoms with van der Waals surface area (Å²) in [4.78, 5) is 141. The summed E-state index contributed by atoms with van der Waals surface area (Å²) in [5.74, 6) is -10.6. The van der Waals surface area contributed by atoms with E-state index in [2.05, 4.69) is 47.2 Å². The summed E-state index contributed by atoms with van der Waals surface area (Å²) < 4.78 is 0. The van der Waals surface area contributed by atoms with Gasteiger partial charge in [0.2, 0.25) is 47.3 Å². The topological polar surface area (TPSA) is 440 Å². The number of carbonyl (C=O) groups excluding carboxylic acids is 8. The molecule has 3 aromatic rings. The fourth-order valence-corrected chi connectivity index (χ4v) is 7.89. The average Bonchev–Trinajstić information content (AvgIpc) is 4.10. The number of carboxylic acid groups (broad SMARTS) is 2. The Hall–Kier alpha value is -8.01. The Balaban J connectivity index is 1.51. The number of phenolic OH excluding ortho intramolecular Hbond substituents is 1. The first-order valence-corrected chi connectivity index (χ1v) is 24.1. The molecule has 9 atom stereocenters. The predicted molar refractivity (Wildman–Crippen MR) is 263 cm³/mol. The van der Waals surface area contributed by atoms with Crippen LogP contribution in [0.4, 0.5) is 0 Å². The summed E-state index contributed by atoms with van der Waals surface area (Å²) >= 11 is 0. The van der Waals surface area contributed by atoms with Gasteiger partial charge in [-0.2, -0.15) is 0 Å². The summed E-state index contributed by atoms with van der Waals surface area (Å²) in [6, 6.07) is 1.94. The number of nitrogens with one attached hydrogen (secondary N) is 8. The molecule has 1 aromatic heterocycles. The zero-order valence-electron chi connectivity index (χ0n) is 41.1. The molecule has 27 heteroatoms. The van der Waals surface area contributed by atoms with Crippen LogP contribution in [0.2, 0.25) is 0 Å². The van der Waals surface area contributed by atoms with Crippen LogP contribution in [-0.2, 0) is 67.2 Å². The minimum absolute atomic E-state index is 0.0314. The summed E-state index contributed by atoms with van der Waals surface area (Å²) in [5, 5.41) is 66.0. The highest BCUT2D eigenvalue weighted by Gasteiger charge is 2.40. The quantitative estimate of drug-likeness (QED) is 0.0280. The van der Waals surface area contributed by atoms with Crippen molar-refractivity contribution in [1.29, 1.82) is 0 Å². The Morgan fingerprint density at radius 1 is 0.733 bits per heavy atom. The molecule has 0 aliphatic carbocycles. The van der Waals surface area contributed by atoms with E-state index in [0.29, 0.717) is 29.7 Å². The number of rotatable bonds is 30. The summed E-state index contributed by atoms with van der Waals surface area (Å²) in [6.45, 7) is -0.230. The van der Waals surface area contributed by atoms with E-state index in [4.69, 9.17) is 11.5 Å². The molecular weight excluding hydrogens is 985 g/mol. The van der Waals surface area contributed by atoms with E-state index >= 15 is 0 Å². The van der Waals surface area contributed by atoms with E-state index in [1.54, 1.807) is 30.3 Å². The maximum absolute atomic E-state index is 14.2. The SMILES string of the molecule is CC(O)C(N)C(=O)NC(CO)C(=O)NC(Cc1ccccc1)C(=O)NCC(=O)NC(Cc1ccc(O)cc1)C(=O)NC(CC(=O)O)C(=O)NC(CCCCN)C(=O)N1CCCC1C(=O)NC(Cc1cnc[nH]1)C(=O)O. The van der Waals surface area contributed by atoms with Gasteiger partial charge >= 0.3 is 11.9 Å². The zero-order valence-corrected chi connectivity index (χ0v) is 41.1. The standard InChI is InChI=1S/C48H66N12O15/c1-26(62)40(50)46(72)59-36(24-61)44(70)56-32(18-27-8-3-2-4-9-27)41(67)52-23-38(64)54-33(19-28-12-14-30(63)15-13-28)42(68)57-34(21-39(65)66)43(69)55-31(10-5-6-16-49)47(73)60-17-7-11-37(60)45(71)58-35(48(74)75)20-29-22-51-25-53-29/h2-4,8-9,12-15,22,25-26,31-37,40,61-63H,5-7,10-11,16-21,23-24,49-50H2,1H3,(H,51,53)(H,52,67)(H,54,64)(H,55,69)(H,56,70)(H,57,68)(H,58,71)(H,59,72)(H,65,66)(H,74,75). The van der Waals surface area contributed by atoms with Crippen molar-refractivity contribution < 1.29 is 73.5 Å². The number of carbonyl (C=O) groups is 10. The summed E-state index contributed by atoms with van der Waals surface area (Å²) in [5.41, 5.74) is 12.7. The van der Waals surface area contributed by atoms with Crippen LogP contribution in [0.5, 0.6) is 5.75 Å². The molecule has 17 N–H and O–H groups in total. The van der Waals surface area contributed by atoms with E-state index in [9.17, 15) is 73.5 Å². The molecule has 408 valence electrons. The van der Waals surface area contributed by atoms with Gasteiger partial charge in [0.1, 0.15) is 54.1 Å². The van der Waals surface area contributed by atoms with E-state index in [0.717, 1.165) is 0 Å². The van der Waals surface area contributed by atoms with Crippen LogP contribution < -0.4 is 48.7 Å². The molecule has 2 aromatic carbocycles. The number of amides is 8. The highest BCUT2D eigenvalue weighted by atomic mass is 16.4. The number of unbranched alkanes of at least 4 members (excludes halogenated alkanes) is 1. The first-order valence-electron chi connectivity index (χ1n) is 24.1. The maximum atomic E-state index is 14.2. The summed E-state index contributed by atoms with van der Waals surface area (Å²) in [7, 11) is 0. The number of aromatic nitrogens is 2. The minimum Gasteiger partial charge on any atom is -0.508 e. The number of H-pyrrole nitrogens is 1. The summed E-state index contributed by atoms with van der Waals surface area (Å²) in [6.07, 6.45) is 1.00. The van der Waals surface area contributed by atoms with Crippen molar-refractivity contribution in [2.45, 2.75) is 119 Å². The second-order valence-corrected chi connectivity index (χ2v) is 17.8.